The number of carbonyl (C=O) groups is 2. The molecule has 5 heteroatoms. The van der Waals surface area contributed by atoms with Gasteiger partial charge in [-0.1, -0.05) is 6.08 Å². The number of nitrogens with zero attached hydrogens (tertiary/aromatic N) is 3. The summed E-state index contributed by atoms with van der Waals surface area (Å²) in [6.07, 6.45) is 8.85. The van der Waals surface area contributed by atoms with Crippen LogP contribution in [0.25, 0.3) is 0 Å². The van der Waals surface area contributed by atoms with Crippen molar-refractivity contribution in [2.24, 2.45) is 5.92 Å². The van der Waals surface area contributed by atoms with Crippen LogP contribution in [0.2, 0.25) is 0 Å². The molecule has 0 bridgehead atoms. The first-order chi connectivity index (χ1) is 11.1. The van der Waals surface area contributed by atoms with Crippen molar-refractivity contribution in [3.05, 3.63) is 11.8 Å². The molecule has 2 amide bonds. The number of likely N-dealkylation sites (tertiary alicyclic amines) is 1. The van der Waals surface area contributed by atoms with Crippen molar-refractivity contribution in [2.75, 3.05) is 39.8 Å². The number of allylic oxidation sites excluding steroid dienone is 2. The first kappa shape index (κ1) is 16.5. The fourth-order valence-corrected chi connectivity index (χ4v) is 4.01. The lowest BCUT2D eigenvalue weighted by Crippen LogP contribution is -2.47. The lowest BCUT2D eigenvalue weighted by atomic mass is 9.85. The fourth-order valence-electron chi connectivity index (χ4n) is 4.01. The lowest BCUT2D eigenvalue weighted by Gasteiger charge is -2.38. The lowest BCUT2D eigenvalue weighted by molar-refractivity contribution is -0.137. The van der Waals surface area contributed by atoms with E-state index in [2.05, 4.69) is 18.0 Å². The minimum absolute atomic E-state index is 0.137. The van der Waals surface area contributed by atoms with Gasteiger partial charge in [0.15, 0.2) is 0 Å². The molecule has 5 nitrogen and oxygen atoms in total. The smallest absolute Gasteiger partial charge is 0.227 e. The van der Waals surface area contributed by atoms with E-state index < -0.39 is 0 Å². The minimum atomic E-state index is 0.137. The summed E-state index contributed by atoms with van der Waals surface area (Å²) >= 11 is 0. The van der Waals surface area contributed by atoms with Crippen molar-refractivity contribution in [1.82, 2.24) is 14.7 Å². The fraction of sp³-hybridized carbons (Fsp3) is 0.778. The molecular formula is C18H29N3O2. The largest absolute Gasteiger partial charge is 0.340 e. The van der Waals surface area contributed by atoms with E-state index >= 15 is 0 Å². The van der Waals surface area contributed by atoms with Crippen LogP contribution in [0.4, 0.5) is 0 Å². The molecule has 23 heavy (non-hydrogen) atoms. The first-order valence-corrected chi connectivity index (χ1v) is 9.12. The molecule has 128 valence electrons. The van der Waals surface area contributed by atoms with Gasteiger partial charge < -0.3 is 14.7 Å². The highest BCUT2D eigenvalue weighted by molar-refractivity contribution is 5.85. The summed E-state index contributed by atoms with van der Waals surface area (Å²) in [5, 5.41) is 0. The van der Waals surface area contributed by atoms with Crippen LogP contribution >= 0.6 is 0 Å². The Balaban J connectivity index is 1.50. The van der Waals surface area contributed by atoms with Gasteiger partial charge in [0.2, 0.25) is 11.8 Å². The summed E-state index contributed by atoms with van der Waals surface area (Å²) in [4.78, 5) is 31.0. The number of likely N-dealkylation sites (N-methyl/N-ethyl adjacent to an activating group) is 1. The Morgan fingerprint density at radius 1 is 1.00 bits per heavy atom. The quantitative estimate of drug-likeness (QED) is 0.797. The van der Waals surface area contributed by atoms with E-state index in [0.29, 0.717) is 18.8 Å². The predicted molar refractivity (Wildman–Crippen MR) is 89.7 cm³/mol. The monoisotopic (exact) mass is 319 g/mol. The molecule has 2 saturated heterocycles. The Kier molecular flexibility index (Phi) is 5.36. The van der Waals surface area contributed by atoms with Gasteiger partial charge >= 0.3 is 0 Å². The van der Waals surface area contributed by atoms with E-state index in [9.17, 15) is 9.59 Å². The Morgan fingerprint density at radius 3 is 2.48 bits per heavy atom. The third-order valence-electron chi connectivity index (χ3n) is 5.48. The van der Waals surface area contributed by atoms with Gasteiger partial charge in [0.05, 0.1) is 0 Å². The summed E-state index contributed by atoms with van der Waals surface area (Å²) in [6, 6.07) is 0. The molecule has 0 spiro atoms. The third kappa shape index (κ3) is 3.94. The maximum absolute atomic E-state index is 12.6. The van der Waals surface area contributed by atoms with Crippen LogP contribution < -0.4 is 0 Å². The predicted octanol–water partition coefficient (Wildman–Crippen LogP) is 1.85. The van der Waals surface area contributed by atoms with Gasteiger partial charge in [0, 0.05) is 51.3 Å². The van der Waals surface area contributed by atoms with Crippen molar-refractivity contribution >= 4 is 11.8 Å². The van der Waals surface area contributed by atoms with Crippen molar-refractivity contribution in [2.45, 2.75) is 44.9 Å². The average Bonchev–Trinajstić information content (AvgIpc) is 2.59. The van der Waals surface area contributed by atoms with E-state index in [1.165, 1.54) is 25.0 Å². The summed E-state index contributed by atoms with van der Waals surface area (Å²) in [5.74, 6) is 0.859. The molecule has 0 aromatic carbocycles. The molecule has 1 atom stereocenters. The second kappa shape index (κ2) is 7.47. The number of amides is 2. The Labute approximate surface area is 139 Å². The van der Waals surface area contributed by atoms with Gasteiger partial charge in [-0.05, 0) is 45.1 Å². The molecule has 2 aliphatic heterocycles. The Bertz CT molecular complexity index is 481. The van der Waals surface area contributed by atoms with E-state index in [1.54, 1.807) is 0 Å². The van der Waals surface area contributed by atoms with Crippen LogP contribution in [0.15, 0.2) is 11.8 Å². The number of piperidine rings is 1. The van der Waals surface area contributed by atoms with Gasteiger partial charge in [0.1, 0.15) is 0 Å². The maximum atomic E-state index is 12.6. The molecule has 0 saturated carbocycles. The Morgan fingerprint density at radius 2 is 1.70 bits per heavy atom. The topological polar surface area (TPSA) is 43.9 Å². The molecule has 2 fully saturated rings. The van der Waals surface area contributed by atoms with Crippen molar-refractivity contribution < 1.29 is 9.59 Å². The molecule has 3 rings (SSSR count). The summed E-state index contributed by atoms with van der Waals surface area (Å²) in [7, 11) is 2.08. The zero-order chi connectivity index (χ0) is 16.2. The molecule has 2 heterocycles. The van der Waals surface area contributed by atoms with Gasteiger partial charge in [0.25, 0.3) is 0 Å². The van der Waals surface area contributed by atoms with Crippen LogP contribution in [0.3, 0.4) is 0 Å². The van der Waals surface area contributed by atoms with E-state index in [0.717, 1.165) is 45.6 Å². The normalized spacial score (nSPS) is 25.8. The van der Waals surface area contributed by atoms with Crippen molar-refractivity contribution in [1.29, 1.82) is 0 Å². The standard InChI is InChI=1S/C18H29N3O2/c1-19-11-13-20(14-12-19)17(22)8-9-18(23)21-10-4-6-15-5-2-3-7-16(15)21/h7,15H,2-6,8-14H2,1H3. The van der Waals surface area contributed by atoms with Crippen molar-refractivity contribution in [3.63, 3.8) is 0 Å². The highest BCUT2D eigenvalue weighted by atomic mass is 16.2. The number of carbonyl (C=O) groups excluding carboxylic acids is 2. The average molecular weight is 319 g/mol. The number of rotatable bonds is 3. The second-order valence-corrected chi connectivity index (χ2v) is 7.13. The van der Waals surface area contributed by atoms with Crippen LogP contribution in [0, 0.1) is 5.92 Å². The molecule has 3 aliphatic rings. The number of piperazine rings is 1. The highest BCUT2D eigenvalue weighted by Crippen LogP contribution is 2.35. The SMILES string of the molecule is CN1CCN(C(=O)CCC(=O)N2CCCC3CCCC=C32)CC1. The summed E-state index contributed by atoms with van der Waals surface area (Å²) < 4.78 is 0. The number of fused-ring (bicyclic) bond motifs is 1. The maximum Gasteiger partial charge on any atom is 0.227 e. The minimum Gasteiger partial charge on any atom is -0.340 e. The van der Waals surface area contributed by atoms with E-state index in [-0.39, 0.29) is 11.8 Å². The molecule has 0 radical (unpaired) electrons. The van der Waals surface area contributed by atoms with Crippen LogP contribution in [0.5, 0.6) is 0 Å². The number of hydrogen-bond acceptors (Lipinski definition) is 3. The molecule has 1 aliphatic carbocycles. The van der Waals surface area contributed by atoms with Crippen LogP contribution in [0.1, 0.15) is 44.9 Å². The molecular weight excluding hydrogens is 290 g/mol. The third-order valence-corrected chi connectivity index (χ3v) is 5.48. The van der Waals surface area contributed by atoms with E-state index in [4.69, 9.17) is 0 Å². The second-order valence-electron chi connectivity index (χ2n) is 7.13. The van der Waals surface area contributed by atoms with Gasteiger partial charge in [-0.3, -0.25) is 9.59 Å². The van der Waals surface area contributed by atoms with Gasteiger partial charge in [-0.25, -0.2) is 0 Å². The highest BCUT2D eigenvalue weighted by Gasteiger charge is 2.30. The number of hydrogen-bond donors (Lipinski definition) is 0. The molecule has 0 aromatic rings. The molecule has 1 unspecified atom stereocenters. The van der Waals surface area contributed by atoms with Crippen LogP contribution in [-0.4, -0.2) is 66.3 Å². The van der Waals surface area contributed by atoms with Crippen molar-refractivity contribution in [3.8, 4) is 0 Å². The Hall–Kier alpha value is -1.36. The zero-order valence-electron chi connectivity index (χ0n) is 14.3. The summed E-state index contributed by atoms with van der Waals surface area (Å²) in [6.45, 7) is 4.28. The van der Waals surface area contributed by atoms with Gasteiger partial charge in [-0.2, -0.15) is 0 Å². The summed E-state index contributed by atoms with van der Waals surface area (Å²) in [5.41, 5.74) is 1.25. The molecule has 0 N–H and O–H groups in total. The van der Waals surface area contributed by atoms with Crippen LogP contribution in [-0.2, 0) is 9.59 Å². The van der Waals surface area contributed by atoms with Gasteiger partial charge in [-0.15, -0.1) is 0 Å². The zero-order valence-corrected chi connectivity index (χ0v) is 14.3. The first-order valence-electron chi connectivity index (χ1n) is 9.12. The molecule has 0 aromatic heterocycles. The van der Waals surface area contributed by atoms with E-state index in [1.807, 2.05) is 9.80 Å².